The number of fused-ring (bicyclic) bond motifs is 4. The third kappa shape index (κ3) is 3.74. The monoisotopic (exact) mass is 514 g/mol. The van der Waals surface area contributed by atoms with Crippen LogP contribution in [-0.2, 0) is 24.0 Å². The molecule has 0 heterocycles. The largest absolute Gasteiger partial charge is 0.481 e. The minimum Gasteiger partial charge on any atom is -0.481 e. The summed E-state index contributed by atoms with van der Waals surface area (Å²) in [7, 11) is 0. The fourth-order valence-electron chi connectivity index (χ4n) is 8.84. The summed E-state index contributed by atoms with van der Waals surface area (Å²) in [5, 5.41) is 19.9. The van der Waals surface area contributed by atoms with Crippen LogP contribution in [0.3, 0.4) is 0 Å². The number of aliphatic carboxylic acids is 1. The average molecular weight is 515 g/mol. The first-order chi connectivity index (χ1) is 16.9. The van der Waals surface area contributed by atoms with Crippen molar-refractivity contribution >= 4 is 29.1 Å². The minimum absolute atomic E-state index is 0.0521. The highest BCUT2D eigenvalue weighted by Gasteiger charge is 2.70. The van der Waals surface area contributed by atoms with Gasteiger partial charge in [0, 0.05) is 48.7 Å². The van der Waals surface area contributed by atoms with E-state index in [1.807, 2.05) is 41.5 Å². The maximum absolute atomic E-state index is 14.0. The molecule has 0 aromatic heterocycles. The van der Waals surface area contributed by atoms with Crippen molar-refractivity contribution in [2.45, 2.75) is 99.5 Å². The standard InChI is InChI=1S/C30H42O7/c1-15(10-17(31)11-16(2)26(36)37)18-12-23(35)30(7)25-19(32)13-21-27(3,4)22(34)8-9-28(21,5)24(25)20(33)14-29(18,30)6/h15-16,18,21-22,34H,8-14H2,1-7H3,(H,36,37)/t15-,16-,18+,21+,22-,28+,29-,30-/m0/s1. The number of aliphatic hydroxyl groups is 1. The smallest absolute Gasteiger partial charge is 0.306 e. The van der Waals surface area contributed by atoms with Crippen molar-refractivity contribution in [2.24, 2.45) is 45.3 Å². The summed E-state index contributed by atoms with van der Waals surface area (Å²) in [5.41, 5.74) is -2.13. The fraction of sp³-hybridized carbons (Fsp3) is 0.767. The molecule has 37 heavy (non-hydrogen) atoms. The number of hydrogen-bond acceptors (Lipinski definition) is 6. The first-order valence-corrected chi connectivity index (χ1v) is 13.7. The molecule has 0 unspecified atom stereocenters. The first-order valence-electron chi connectivity index (χ1n) is 13.7. The fourth-order valence-corrected chi connectivity index (χ4v) is 8.84. The van der Waals surface area contributed by atoms with Crippen LogP contribution in [0.4, 0.5) is 0 Å². The molecule has 4 aliphatic carbocycles. The topological polar surface area (TPSA) is 126 Å². The molecule has 0 amide bonds. The van der Waals surface area contributed by atoms with Gasteiger partial charge in [-0.25, -0.2) is 0 Å². The molecule has 0 bridgehead atoms. The zero-order chi connectivity index (χ0) is 27.9. The molecule has 0 aromatic rings. The third-order valence-electron chi connectivity index (χ3n) is 11.4. The highest BCUT2D eigenvalue weighted by atomic mass is 16.4. The summed E-state index contributed by atoms with van der Waals surface area (Å²) >= 11 is 0. The maximum Gasteiger partial charge on any atom is 0.306 e. The van der Waals surface area contributed by atoms with Crippen molar-refractivity contribution in [1.29, 1.82) is 0 Å². The number of hydrogen-bond donors (Lipinski definition) is 2. The van der Waals surface area contributed by atoms with E-state index in [9.17, 15) is 29.1 Å². The Bertz CT molecular complexity index is 1110. The van der Waals surface area contributed by atoms with Crippen molar-refractivity contribution in [3.8, 4) is 0 Å². The summed E-state index contributed by atoms with van der Waals surface area (Å²) in [6.07, 6.45) is 1.19. The second-order valence-electron chi connectivity index (χ2n) is 13.8. The SMILES string of the molecule is C[C@@H](CC(=O)C[C@H](C)[C@H]1CC(=O)[C@@]2(C)C3=C(C(=O)C[C@@]12C)[C@]1(C)CC[C@H](O)C(C)(C)[C@H]1CC3=O)C(=O)O. The second-order valence-corrected chi connectivity index (χ2v) is 13.8. The molecular formula is C30H42O7. The summed E-state index contributed by atoms with van der Waals surface area (Å²) in [6.45, 7) is 13.2. The Hall–Kier alpha value is -2.15. The van der Waals surface area contributed by atoms with Crippen molar-refractivity contribution in [2.75, 3.05) is 0 Å². The van der Waals surface area contributed by atoms with Crippen LogP contribution in [-0.4, -0.2) is 45.4 Å². The summed E-state index contributed by atoms with van der Waals surface area (Å²) in [5.74, 6) is -2.94. The summed E-state index contributed by atoms with van der Waals surface area (Å²) in [4.78, 5) is 65.6. The van der Waals surface area contributed by atoms with Crippen LogP contribution in [0, 0.1) is 45.3 Å². The molecule has 8 atom stereocenters. The lowest BCUT2D eigenvalue weighted by Crippen LogP contribution is -2.59. The molecule has 0 aromatic carbocycles. The number of ketones is 4. The Morgan fingerprint density at radius 3 is 2.16 bits per heavy atom. The lowest BCUT2D eigenvalue weighted by molar-refractivity contribution is -0.145. The number of rotatable bonds is 6. The molecule has 2 saturated carbocycles. The molecule has 2 N–H and O–H groups in total. The van der Waals surface area contributed by atoms with Gasteiger partial charge in [0.2, 0.25) is 0 Å². The molecule has 7 heteroatoms. The van der Waals surface area contributed by atoms with E-state index in [-0.39, 0.29) is 73.0 Å². The quantitative estimate of drug-likeness (QED) is 0.540. The van der Waals surface area contributed by atoms with Gasteiger partial charge >= 0.3 is 5.97 Å². The van der Waals surface area contributed by atoms with E-state index in [4.69, 9.17) is 5.11 Å². The van der Waals surface area contributed by atoms with Gasteiger partial charge < -0.3 is 10.2 Å². The van der Waals surface area contributed by atoms with Crippen LogP contribution in [0.5, 0.6) is 0 Å². The minimum atomic E-state index is -1.11. The van der Waals surface area contributed by atoms with Gasteiger partial charge in [-0.15, -0.1) is 0 Å². The molecular weight excluding hydrogens is 472 g/mol. The number of carboxylic acid groups (broad SMARTS) is 1. The van der Waals surface area contributed by atoms with Gasteiger partial charge in [-0.2, -0.15) is 0 Å². The number of carbonyl (C=O) groups excluding carboxylic acids is 4. The van der Waals surface area contributed by atoms with Crippen LogP contribution >= 0.6 is 0 Å². The Morgan fingerprint density at radius 1 is 0.946 bits per heavy atom. The number of Topliss-reactive ketones (excluding diaryl/α,β-unsaturated/α-hetero) is 4. The highest BCUT2D eigenvalue weighted by Crippen LogP contribution is 2.70. The van der Waals surface area contributed by atoms with Crippen LogP contribution < -0.4 is 0 Å². The van der Waals surface area contributed by atoms with E-state index in [0.717, 1.165) is 0 Å². The third-order valence-corrected chi connectivity index (χ3v) is 11.4. The number of aliphatic hydroxyl groups excluding tert-OH is 1. The van der Waals surface area contributed by atoms with Crippen molar-refractivity contribution in [3.05, 3.63) is 11.1 Å². The predicted molar refractivity (Wildman–Crippen MR) is 136 cm³/mol. The Kier molecular flexibility index (Phi) is 6.54. The molecule has 0 saturated heterocycles. The molecule has 0 radical (unpaired) electrons. The zero-order valence-corrected chi connectivity index (χ0v) is 23.3. The number of allylic oxidation sites excluding steroid dienone is 2. The lowest BCUT2D eigenvalue weighted by Gasteiger charge is -2.60. The molecule has 0 spiro atoms. The Balaban J connectivity index is 1.75. The Labute approximate surface area is 219 Å². The zero-order valence-electron chi connectivity index (χ0n) is 23.3. The van der Waals surface area contributed by atoms with Crippen LogP contribution in [0.15, 0.2) is 11.1 Å². The van der Waals surface area contributed by atoms with Gasteiger partial charge in [0.15, 0.2) is 11.6 Å². The molecule has 4 aliphatic rings. The van der Waals surface area contributed by atoms with E-state index in [1.165, 1.54) is 6.92 Å². The van der Waals surface area contributed by atoms with Gasteiger partial charge in [0.05, 0.1) is 17.4 Å². The summed E-state index contributed by atoms with van der Waals surface area (Å²) < 4.78 is 0. The van der Waals surface area contributed by atoms with Gasteiger partial charge in [-0.05, 0) is 48.3 Å². The number of carbonyl (C=O) groups is 5. The first kappa shape index (κ1) is 27.9. The second kappa shape index (κ2) is 8.69. The molecule has 7 nitrogen and oxygen atoms in total. The maximum atomic E-state index is 14.0. The van der Waals surface area contributed by atoms with E-state index < -0.39 is 39.7 Å². The van der Waals surface area contributed by atoms with Crippen molar-refractivity contribution < 1.29 is 34.2 Å². The number of carboxylic acids is 1. The van der Waals surface area contributed by atoms with Crippen molar-refractivity contribution in [1.82, 2.24) is 0 Å². The van der Waals surface area contributed by atoms with E-state index in [0.29, 0.717) is 24.0 Å². The molecule has 4 rings (SSSR count). The molecule has 204 valence electrons. The van der Waals surface area contributed by atoms with Gasteiger partial charge in [-0.1, -0.05) is 41.5 Å². The van der Waals surface area contributed by atoms with Gasteiger partial charge in [0.25, 0.3) is 0 Å². The molecule has 0 aliphatic heterocycles. The normalized spacial score (nSPS) is 40.5. The summed E-state index contributed by atoms with van der Waals surface area (Å²) in [6, 6.07) is 0. The van der Waals surface area contributed by atoms with E-state index in [1.54, 1.807) is 0 Å². The van der Waals surface area contributed by atoms with Gasteiger partial charge in [0.1, 0.15) is 11.6 Å². The average Bonchev–Trinajstić information content (AvgIpc) is 2.99. The Morgan fingerprint density at radius 2 is 1.57 bits per heavy atom. The van der Waals surface area contributed by atoms with Crippen LogP contribution in [0.25, 0.3) is 0 Å². The van der Waals surface area contributed by atoms with Crippen LogP contribution in [0.2, 0.25) is 0 Å². The molecule has 2 fully saturated rings. The van der Waals surface area contributed by atoms with Crippen LogP contribution in [0.1, 0.15) is 93.4 Å². The van der Waals surface area contributed by atoms with E-state index >= 15 is 0 Å². The highest BCUT2D eigenvalue weighted by molar-refractivity contribution is 6.16. The predicted octanol–water partition coefficient (Wildman–Crippen LogP) is 4.34. The van der Waals surface area contributed by atoms with E-state index in [2.05, 4.69) is 0 Å². The van der Waals surface area contributed by atoms with Crippen molar-refractivity contribution in [3.63, 3.8) is 0 Å². The lowest BCUT2D eigenvalue weighted by atomic mass is 9.42. The van der Waals surface area contributed by atoms with Gasteiger partial charge in [-0.3, -0.25) is 24.0 Å².